The van der Waals surface area contributed by atoms with Crippen LogP contribution in [-0.4, -0.2) is 21.9 Å². The van der Waals surface area contributed by atoms with Crippen molar-refractivity contribution in [2.24, 2.45) is 0 Å². The average Bonchev–Trinajstić information content (AvgIpc) is 2.34. The fourth-order valence-corrected chi connectivity index (χ4v) is 2.30. The molecule has 0 aliphatic heterocycles. The minimum Gasteiger partial charge on any atom is -0.384 e. The number of rotatable bonds is 4. The van der Waals surface area contributed by atoms with Gasteiger partial charge in [0.05, 0.1) is 6.54 Å². The Labute approximate surface area is 121 Å². The van der Waals surface area contributed by atoms with Crippen LogP contribution in [0.2, 0.25) is 0 Å². The standard InChI is InChI=1S/C14H17BrN4/c1-10-3-4-12(15)7-11(10)8-19(2)9-14-17-6-5-13(16)18-14/h3-7H,8-9H2,1-2H3,(H2,16,17,18). The van der Waals surface area contributed by atoms with E-state index < -0.39 is 0 Å². The number of nitrogens with two attached hydrogens (primary N) is 1. The van der Waals surface area contributed by atoms with Crippen molar-refractivity contribution in [3.05, 3.63) is 51.9 Å². The van der Waals surface area contributed by atoms with Crippen LogP contribution in [0.4, 0.5) is 5.82 Å². The van der Waals surface area contributed by atoms with E-state index in [0.29, 0.717) is 12.4 Å². The third-order valence-corrected chi connectivity index (χ3v) is 3.38. The Morgan fingerprint density at radius 1 is 1.26 bits per heavy atom. The Kier molecular flexibility index (Phi) is 4.50. The Morgan fingerprint density at radius 3 is 2.79 bits per heavy atom. The number of halogens is 1. The summed E-state index contributed by atoms with van der Waals surface area (Å²) in [4.78, 5) is 10.6. The van der Waals surface area contributed by atoms with E-state index in [-0.39, 0.29) is 0 Å². The van der Waals surface area contributed by atoms with Crippen molar-refractivity contribution >= 4 is 21.7 Å². The van der Waals surface area contributed by atoms with Crippen molar-refractivity contribution in [1.82, 2.24) is 14.9 Å². The molecule has 0 radical (unpaired) electrons. The van der Waals surface area contributed by atoms with Crippen LogP contribution in [0.1, 0.15) is 17.0 Å². The zero-order valence-corrected chi connectivity index (χ0v) is 12.7. The molecule has 0 bridgehead atoms. The van der Waals surface area contributed by atoms with Gasteiger partial charge in [-0.1, -0.05) is 22.0 Å². The Balaban J connectivity index is 2.05. The molecule has 1 aromatic carbocycles. The van der Waals surface area contributed by atoms with Crippen molar-refractivity contribution in [3.63, 3.8) is 0 Å². The highest BCUT2D eigenvalue weighted by Crippen LogP contribution is 2.17. The van der Waals surface area contributed by atoms with Crippen molar-refractivity contribution in [2.75, 3.05) is 12.8 Å². The van der Waals surface area contributed by atoms with Gasteiger partial charge in [-0.3, -0.25) is 4.90 Å². The van der Waals surface area contributed by atoms with E-state index in [4.69, 9.17) is 5.73 Å². The number of aryl methyl sites for hydroxylation is 1. The van der Waals surface area contributed by atoms with Crippen LogP contribution in [0, 0.1) is 6.92 Å². The summed E-state index contributed by atoms with van der Waals surface area (Å²) < 4.78 is 1.10. The van der Waals surface area contributed by atoms with Gasteiger partial charge in [-0.15, -0.1) is 0 Å². The molecule has 1 aromatic heterocycles. The van der Waals surface area contributed by atoms with E-state index in [1.807, 2.05) is 7.05 Å². The molecule has 100 valence electrons. The van der Waals surface area contributed by atoms with Crippen LogP contribution >= 0.6 is 15.9 Å². The molecule has 2 aromatic rings. The lowest BCUT2D eigenvalue weighted by Gasteiger charge is -2.17. The first-order valence-corrected chi connectivity index (χ1v) is 6.85. The van der Waals surface area contributed by atoms with E-state index in [2.05, 4.69) is 55.9 Å². The molecular formula is C14H17BrN4. The largest absolute Gasteiger partial charge is 0.384 e. The fourth-order valence-electron chi connectivity index (χ4n) is 1.89. The molecule has 0 spiro atoms. The van der Waals surface area contributed by atoms with Crippen molar-refractivity contribution < 1.29 is 0 Å². The minimum atomic E-state index is 0.511. The SMILES string of the molecule is Cc1ccc(Br)cc1CN(C)Cc1nccc(N)n1. The summed E-state index contributed by atoms with van der Waals surface area (Å²) in [6.45, 7) is 3.65. The molecule has 0 fully saturated rings. The highest BCUT2D eigenvalue weighted by molar-refractivity contribution is 9.10. The normalized spacial score (nSPS) is 10.9. The molecule has 4 nitrogen and oxygen atoms in total. The summed E-state index contributed by atoms with van der Waals surface area (Å²) in [5.41, 5.74) is 8.23. The number of benzene rings is 1. The van der Waals surface area contributed by atoms with Crippen LogP contribution in [0.25, 0.3) is 0 Å². The fraction of sp³-hybridized carbons (Fsp3) is 0.286. The predicted molar refractivity (Wildman–Crippen MR) is 80.5 cm³/mol. The first-order valence-electron chi connectivity index (χ1n) is 6.05. The summed E-state index contributed by atoms with van der Waals surface area (Å²) in [6, 6.07) is 8.01. The molecule has 2 N–H and O–H groups in total. The maximum atomic E-state index is 5.66. The van der Waals surface area contributed by atoms with Gasteiger partial charge in [0.15, 0.2) is 0 Å². The molecule has 0 aliphatic carbocycles. The Bertz CT molecular complexity index is 571. The molecule has 2 rings (SSSR count). The smallest absolute Gasteiger partial charge is 0.144 e. The van der Waals surface area contributed by atoms with Gasteiger partial charge in [0.1, 0.15) is 11.6 Å². The van der Waals surface area contributed by atoms with Gasteiger partial charge in [-0.2, -0.15) is 0 Å². The van der Waals surface area contributed by atoms with Gasteiger partial charge in [-0.25, -0.2) is 9.97 Å². The van der Waals surface area contributed by atoms with Gasteiger partial charge >= 0.3 is 0 Å². The molecule has 5 heteroatoms. The second-order valence-electron chi connectivity index (χ2n) is 4.64. The average molecular weight is 321 g/mol. The number of nitrogen functional groups attached to an aromatic ring is 1. The number of anilines is 1. The van der Waals surface area contributed by atoms with Crippen LogP contribution in [-0.2, 0) is 13.1 Å². The highest BCUT2D eigenvalue weighted by Gasteiger charge is 2.06. The van der Waals surface area contributed by atoms with Gasteiger partial charge in [0.2, 0.25) is 0 Å². The van der Waals surface area contributed by atoms with E-state index in [0.717, 1.165) is 16.8 Å². The van der Waals surface area contributed by atoms with Gasteiger partial charge in [0, 0.05) is 17.2 Å². The van der Waals surface area contributed by atoms with Crippen LogP contribution in [0.5, 0.6) is 0 Å². The van der Waals surface area contributed by atoms with Crippen molar-refractivity contribution in [3.8, 4) is 0 Å². The van der Waals surface area contributed by atoms with Gasteiger partial charge in [0.25, 0.3) is 0 Å². The lowest BCUT2D eigenvalue weighted by Crippen LogP contribution is -2.19. The van der Waals surface area contributed by atoms with Gasteiger partial charge in [-0.05, 0) is 43.3 Å². The molecule has 0 aliphatic rings. The minimum absolute atomic E-state index is 0.511. The second-order valence-corrected chi connectivity index (χ2v) is 5.56. The van der Waals surface area contributed by atoms with Crippen LogP contribution < -0.4 is 5.73 Å². The molecule has 0 amide bonds. The van der Waals surface area contributed by atoms with E-state index in [1.54, 1.807) is 12.3 Å². The Hall–Kier alpha value is -1.46. The molecule has 19 heavy (non-hydrogen) atoms. The van der Waals surface area contributed by atoms with E-state index >= 15 is 0 Å². The summed E-state index contributed by atoms with van der Waals surface area (Å²) >= 11 is 3.50. The molecule has 0 saturated heterocycles. The maximum absolute atomic E-state index is 5.66. The van der Waals surface area contributed by atoms with E-state index in [1.165, 1.54) is 11.1 Å². The monoisotopic (exact) mass is 320 g/mol. The zero-order chi connectivity index (χ0) is 13.8. The lowest BCUT2D eigenvalue weighted by molar-refractivity contribution is 0.310. The molecule has 0 saturated carbocycles. The quantitative estimate of drug-likeness (QED) is 0.941. The summed E-state index contributed by atoms with van der Waals surface area (Å²) in [7, 11) is 2.05. The summed E-state index contributed by atoms with van der Waals surface area (Å²) in [6.07, 6.45) is 1.69. The zero-order valence-electron chi connectivity index (χ0n) is 11.1. The highest BCUT2D eigenvalue weighted by atomic mass is 79.9. The van der Waals surface area contributed by atoms with Crippen molar-refractivity contribution in [2.45, 2.75) is 20.0 Å². The number of nitrogens with zero attached hydrogens (tertiary/aromatic N) is 3. The maximum Gasteiger partial charge on any atom is 0.144 e. The first kappa shape index (κ1) is 14.0. The van der Waals surface area contributed by atoms with Crippen LogP contribution in [0.15, 0.2) is 34.9 Å². The first-order chi connectivity index (χ1) is 9.04. The third kappa shape index (κ3) is 4.01. The molecular weight excluding hydrogens is 304 g/mol. The molecule has 0 atom stereocenters. The number of hydrogen-bond donors (Lipinski definition) is 1. The Morgan fingerprint density at radius 2 is 2.05 bits per heavy atom. The summed E-state index contributed by atoms with van der Waals surface area (Å²) in [5, 5.41) is 0. The number of hydrogen-bond acceptors (Lipinski definition) is 4. The second kappa shape index (κ2) is 6.12. The van der Waals surface area contributed by atoms with Gasteiger partial charge < -0.3 is 5.73 Å². The molecule has 1 heterocycles. The van der Waals surface area contributed by atoms with Crippen molar-refractivity contribution in [1.29, 1.82) is 0 Å². The molecule has 0 unspecified atom stereocenters. The lowest BCUT2D eigenvalue weighted by atomic mass is 10.1. The van der Waals surface area contributed by atoms with E-state index in [9.17, 15) is 0 Å². The van der Waals surface area contributed by atoms with Crippen LogP contribution in [0.3, 0.4) is 0 Å². The topological polar surface area (TPSA) is 55.0 Å². The summed E-state index contributed by atoms with van der Waals surface area (Å²) in [5.74, 6) is 1.26. The predicted octanol–water partition coefficient (Wildman–Crippen LogP) is 2.76. The number of aromatic nitrogens is 2. The third-order valence-electron chi connectivity index (χ3n) is 2.89.